The summed E-state index contributed by atoms with van der Waals surface area (Å²) in [6.07, 6.45) is 3.40. The molecular formula is C17H19N5O. The maximum atomic E-state index is 5.49. The van der Waals surface area contributed by atoms with Gasteiger partial charge in [0, 0.05) is 30.4 Å². The molecule has 0 radical (unpaired) electrons. The molecule has 118 valence electrons. The van der Waals surface area contributed by atoms with Crippen molar-refractivity contribution in [3.05, 3.63) is 47.4 Å². The summed E-state index contributed by atoms with van der Waals surface area (Å²) in [6.45, 7) is 3.87. The zero-order chi connectivity index (χ0) is 15.8. The molecule has 0 atom stereocenters. The molecule has 1 aliphatic rings. The van der Waals surface area contributed by atoms with Crippen LogP contribution in [0.5, 0.6) is 5.75 Å². The third-order valence-electron chi connectivity index (χ3n) is 4.42. The molecule has 1 aromatic carbocycles. The fourth-order valence-electron chi connectivity index (χ4n) is 3.21. The van der Waals surface area contributed by atoms with Crippen LogP contribution in [0.25, 0.3) is 5.78 Å². The van der Waals surface area contributed by atoms with Crippen LogP contribution in [-0.2, 0) is 19.4 Å². The van der Waals surface area contributed by atoms with Gasteiger partial charge in [-0.25, -0.2) is 4.98 Å². The molecule has 6 heteroatoms. The van der Waals surface area contributed by atoms with Gasteiger partial charge in [0.05, 0.1) is 7.11 Å². The Morgan fingerprint density at radius 1 is 1.30 bits per heavy atom. The molecule has 0 bridgehead atoms. The Kier molecular flexibility index (Phi) is 3.37. The van der Waals surface area contributed by atoms with Gasteiger partial charge < -0.3 is 9.64 Å². The van der Waals surface area contributed by atoms with Gasteiger partial charge in [-0.05, 0) is 24.5 Å². The van der Waals surface area contributed by atoms with Crippen molar-refractivity contribution >= 4 is 11.6 Å². The lowest BCUT2D eigenvalue weighted by Gasteiger charge is -2.31. The normalized spacial score (nSPS) is 14.1. The zero-order valence-electron chi connectivity index (χ0n) is 13.4. The predicted octanol–water partition coefficient (Wildman–Crippen LogP) is 2.26. The molecule has 23 heavy (non-hydrogen) atoms. The molecule has 0 aliphatic carbocycles. The number of ether oxygens (including phenoxy) is 1. The lowest BCUT2D eigenvalue weighted by Crippen LogP contribution is -2.32. The highest BCUT2D eigenvalue weighted by Crippen LogP contribution is 2.30. The van der Waals surface area contributed by atoms with Crippen molar-refractivity contribution in [2.75, 3.05) is 18.6 Å². The van der Waals surface area contributed by atoms with E-state index in [0.29, 0.717) is 5.78 Å². The van der Waals surface area contributed by atoms with Gasteiger partial charge in [-0.15, -0.1) is 0 Å². The molecule has 0 saturated carbocycles. The van der Waals surface area contributed by atoms with Gasteiger partial charge in [0.15, 0.2) is 0 Å². The monoisotopic (exact) mass is 309 g/mol. The smallest absolute Gasteiger partial charge is 0.254 e. The van der Waals surface area contributed by atoms with Crippen LogP contribution < -0.4 is 9.64 Å². The van der Waals surface area contributed by atoms with Crippen LogP contribution in [0.3, 0.4) is 0 Å². The first-order chi connectivity index (χ1) is 11.3. The fourth-order valence-corrected chi connectivity index (χ4v) is 3.21. The molecule has 4 rings (SSSR count). The first-order valence-electron chi connectivity index (χ1n) is 7.89. The number of anilines is 1. The number of fused-ring (bicyclic) bond motifs is 2. The molecule has 0 fully saturated rings. The van der Waals surface area contributed by atoms with E-state index in [1.54, 1.807) is 13.4 Å². The molecule has 0 unspecified atom stereocenters. The van der Waals surface area contributed by atoms with E-state index < -0.39 is 0 Å². The SMILES string of the molecule is CCc1cc(N2CCc3c(cccc3OC)C2)n2ncnc2n1. The summed E-state index contributed by atoms with van der Waals surface area (Å²) in [4.78, 5) is 11.1. The Bertz CT molecular complexity index is 857. The Morgan fingerprint density at radius 3 is 3.04 bits per heavy atom. The summed E-state index contributed by atoms with van der Waals surface area (Å²) < 4.78 is 7.32. The Morgan fingerprint density at radius 2 is 2.22 bits per heavy atom. The number of methoxy groups -OCH3 is 1. The molecule has 6 nitrogen and oxygen atoms in total. The van der Waals surface area contributed by atoms with E-state index >= 15 is 0 Å². The van der Waals surface area contributed by atoms with E-state index in [1.807, 2.05) is 10.6 Å². The molecule has 0 N–H and O–H groups in total. The van der Waals surface area contributed by atoms with Gasteiger partial charge >= 0.3 is 0 Å². The van der Waals surface area contributed by atoms with Crippen molar-refractivity contribution in [2.45, 2.75) is 26.3 Å². The molecular weight excluding hydrogens is 290 g/mol. The fraction of sp³-hybridized carbons (Fsp3) is 0.353. The van der Waals surface area contributed by atoms with Gasteiger partial charge in [-0.1, -0.05) is 19.1 Å². The number of hydrogen-bond donors (Lipinski definition) is 0. The van der Waals surface area contributed by atoms with Crippen LogP contribution in [0.15, 0.2) is 30.6 Å². The average Bonchev–Trinajstić information content (AvgIpc) is 3.08. The molecule has 0 spiro atoms. The van der Waals surface area contributed by atoms with Crippen LogP contribution in [0.1, 0.15) is 23.7 Å². The van der Waals surface area contributed by atoms with Gasteiger partial charge in [0.1, 0.15) is 17.9 Å². The second kappa shape index (κ2) is 5.53. The third kappa shape index (κ3) is 2.30. The van der Waals surface area contributed by atoms with Crippen molar-refractivity contribution in [3.63, 3.8) is 0 Å². The number of hydrogen-bond acceptors (Lipinski definition) is 5. The van der Waals surface area contributed by atoms with E-state index in [0.717, 1.165) is 43.2 Å². The van der Waals surface area contributed by atoms with E-state index in [9.17, 15) is 0 Å². The maximum Gasteiger partial charge on any atom is 0.254 e. The molecule has 0 amide bonds. The Balaban J connectivity index is 1.76. The van der Waals surface area contributed by atoms with Crippen LogP contribution >= 0.6 is 0 Å². The predicted molar refractivity (Wildman–Crippen MR) is 87.9 cm³/mol. The minimum absolute atomic E-state index is 0.663. The topological polar surface area (TPSA) is 55.6 Å². The highest BCUT2D eigenvalue weighted by atomic mass is 16.5. The highest BCUT2D eigenvalue weighted by Gasteiger charge is 2.22. The van der Waals surface area contributed by atoms with E-state index in [2.05, 4.69) is 45.1 Å². The summed E-state index contributed by atoms with van der Waals surface area (Å²) in [7, 11) is 1.73. The first kappa shape index (κ1) is 14.0. The van der Waals surface area contributed by atoms with Crippen LogP contribution in [-0.4, -0.2) is 33.2 Å². The Labute approximate surface area is 134 Å². The molecule has 3 aromatic rings. The van der Waals surface area contributed by atoms with Crippen molar-refractivity contribution < 1.29 is 4.74 Å². The number of aromatic nitrogens is 4. The minimum Gasteiger partial charge on any atom is -0.496 e. The van der Waals surface area contributed by atoms with Crippen LogP contribution in [0.2, 0.25) is 0 Å². The maximum absolute atomic E-state index is 5.49. The van der Waals surface area contributed by atoms with Crippen molar-refractivity contribution in [3.8, 4) is 5.75 Å². The largest absolute Gasteiger partial charge is 0.496 e. The first-order valence-corrected chi connectivity index (χ1v) is 7.89. The summed E-state index contributed by atoms with van der Waals surface area (Å²) >= 11 is 0. The molecule has 3 heterocycles. The van der Waals surface area contributed by atoms with Crippen molar-refractivity contribution in [1.82, 2.24) is 19.6 Å². The van der Waals surface area contributed by atoms with Gasteiger partial charge in [-0.3, -0.25) is 0 Å². The number of nitrogens with zero attached hydrogens (tertiary/aromatic N) is 5. The molecule has 0 saturated heterocycles. The number of aryl methyl sites for hydroxylation is 1. The molecule has 1 aliphatic heterocycles. The lowest BCUT2D eigenvalue weighted by molar-refractivity contribution is 0.407. The third-order valence-corrected chi connectivity index (χ3v) is 4.42. The Hall–Kier alpha value is -2.63. The van der Waals surface area contributed by atoms with E-state index in [-0.39, 0.29) is 0 Å². The summed E-state index contributed by atoms with van der Waals surface area (Å²) in [5.41, 5.74) is 3.65. The van der Waals surface area contributed by atoms with Crippen LogP contribution in [0, 0.1) is 0 Å². The minimum atomic E-state index is 0.663. The second-order valence-electron chi connectivity index (χ2n) is 5.70. The average molecular weight is 309 g/mol. The quantitative estimate of drug-likeness (QED) is 0.743. The van der Waals surface area contributed by atoms with Crippen molar-refractivity contribution in [1.29, 1.82) is 0 Å². The molecule has 2 aromatic heterocycles. The van der Waals surface area contributed by atoms with Crippen molar-refractivity contribution in [2.24, 2.45) is 0 Å². The lowest BCUT2D eigenvalue weighted by atomic mass is 9.98. The second-order valence-corrected chi connectivity index (χ2v) is 5.70. The summed E-state index contributed by atoms with van der Waals surface area (Å²) in [5.74, 6) is 2.70. The van der Waals surface area contributed by atoms with E-state index in [4.69, 9.17) is 4.74 Å². The summed E-state index contributed by atoms with van der Waals surface area (Å²) in [6, 6.07) is 8.37. The number of rotatable bonds is 3. The standard InChI is InChI=1S/C17H19N5O/c1-3-13-9-16(22-17(20-13)18-11-19-22)21-8-7-14-12(10-21)5-4-6-15(14)23-2/h4-6,9,11H,3,7-8,10H2,1-2H3. The number of benzene rings is 1. The highest BCUT2D eigenvalue weighted by molar-refractivity contribution is 5.52. The van der Waals surface area contributed by atoms with Crippen LogP contribution in [0.4, 0.5) is 5.82 Å². The van der Waals surface area contributed by atoms with E-state index in [1.165, 1.54) is 11.1 Å². The summed E-state index contributed by atoms with van der Waals surface area (Å²) in [5, 5.41) is 4.34. The van der Waals surface area contributed by atoms with Gasteiger partial charge in [0.2, 0.25) is 0 Å². The zero-order valence-corrected chi connectivity index (χ0v) is 13.4. The van der Waals surface area contributed by atoms with Gasteiger partial charge in [0.25, 0.3) is 5.78 Å². The van der Waals surface area contributed by atoms with Gasteiger partial charge in [-0.2, -0.15) is 14.6 Å².